The Kier molecular flexibility index (Phi) is 5.82. The van der Waals surface area contributed by atoms with Crippen LogP contribution in [0.1, 0.15) is 24.2 Å². The maximum absolute atomic E-state index is 13.0. The predicted octanol–water partition coefficient (Wildman–Crippen LogP) is 3.65. The van der Waals surface area contributed by atoms with Gasteiger partial charge in [0.25, 0.3) is 0 Å². The molecule has 0 bridgehead atoms. The molecule has 1 aliphatic rings. The number of nitrogens with one attached hydrogen (secondary N) is 1. The van der Waals surface area contributed by atoms with E-state index in [2.05, 4.69) is 35.3 Å². The number of amides is 1. The van der Waals surface area contributed by atoms with Crippen molar-refractivity contribution in [1.82, 2.24) is 29.7 Å². The monoisotopic (exact) mass is 460 g/mol. The molecule has 10 heteroatoms. The zero-order chi connectivity index (χ0) is 22.8. The number of carbonyl (C=O) groups is 1. The second-order valence-corrected chi connectivity index (χ2v) is 8.99. The van der Waals surface area contributed by atoms with Gasteiger partial charge in [0.15, 0.2) is 10.9 Å². The summed E-state index contributed by atoms with van der Waals surface area (Å²) in [5, 5.41) is 10.0. The van der Waals surface area contributed by atoms with E-state index in [4.69, 9.17) is 0 Å². The molecule has 0 spiro atoms. The van der Waals surface area contributed by atoms with E-state index in [0.717, 1.165) is 53.7 Å². The van der Waals surface area contributed by atoms with Crippen molar-refractivity contribution in [3.8, 4) is 17.1 Å². The number of anilines is 2. The zero-order valence-corrected chi connectivity index (χ0v) is 19.3. The molecule has 1 unspecified atom stereocenters. The van der Waals surface area contributed by atoms with E-state index in [1.54, 1.807) is 18.7 Å². The quantitative estimate of drug-likeness (QED) is 0.485. The summed E-state index contributed by atoms with van der Waals surface area (Å²) >= 11 is 1.42. The van der Waals surface area contributed by atoms with Crippen LogP contribution in [0.5, 0.6) is 0 Å². The second-order valence-electron chi connectivity index (χ2n) is 8.13. The maximum atomic E-state index is 13.0. The maximum Gasteiger partial charge on any atom is 0.231 e. The normalized spacial score (nSPS) is 16.1. The van der Waals surface area contributed by atoms with E-state index >= 15 is 0 Å². The number of hydrogen-bond donors (Lipinski definition) is 1. The molecule has 9 nitrogen and oxygen atoms in total. The summed E-state index contributed by atoms with van der Waals surface area (Å²) in [7, 11) is 0. The first-order valence-electron chi connectivity index (χ1n) is 10.8. The zero-order valence-electron chi connectivity index (χ0n) is 18.5. The number of rotatable bonds is 5. The van der Waals surface area contributed by atoms with E-state index in [1.807, 2.05) is 48.2 Å². The van der Waals surface area contributed by atoms with Crippen LogP contribution in [0.2, 0.25) is 0 Å². The molecule has 0 aromatic carbocycles. The first-order valence-corrected chi connectivity index (χ1v) is 11.7. The SMILES string of the molecule is Cc1cc(C)n(-c2cc(N3CCCC(C(=O)Nc4nc(-c5cccnc5)cs4)C3)ncn2)n1. The third kappa shape index (κ3) is 4.61. The number of pyridine rings is 1. The summed E-state index contributed by atoms with van der Waals surface area (Å²) in [5.41, 5.74) is 3.70. The van der Waals surface area contributed by atoms with Crippen LogP contribution >= 0.6 is 11.3 Å². The lowest BCUT2D eigenvalue weighted by molar-refractivity contribution is -0.120. The Labute approximate surface area is 195 Å². The van der Waals surface area contributed by atoms with Gasteiger partial charge in [0, 0.05) is 48.2 Å². The first-order chi connectivity index (χ1) is 16.1. The molecule has 1 fully saturated rings. The minimum Gasteiger partial charge on any atom is -0.356 e. The molecule has 0 radical (unpaired) electrons. The van der Waals surface area contributed by atoms with Gasteiger partial charge >= 0.3 is 0 Å². The Morgan fingerprint density at radius 2 is 2.09 bits per heavy atom. The summed E-state index contributed by atoms with van der Waals surface area (Å²) in [6, 6.07) is 7.77. The summed E-state index contributed by atoms with van der Waals surface area (Å²) in [6.45, 7) is 5.41. The highest BCUT2D eigenvalue weighted by Gasteiger charge is 2.27. The minimum atomic E-state index is -0.142. The van der Waals surface area contributed by atoms with Crippen molar-refractivity contribution < 1.29 is 4.79 Å². The Balaban J connectivity index is 1.27. The molecule has 5 rings (SSSR count). The molecular formula is C23H24N8OS. The molecular weight excluding hydrogens is 436 g/mol. The molecule has 1 N–H and O–H groups in total. The van der Waals surface area contributed by atoms with E-state index in [9.17, 15) is 4.79 Å². The second kappa shape index (κ2) is 9.07. The average Bonchev–Trinajstić information content (AvgIpc) is 3.45. The van der Waals surface area contributed by atoms with Crippen molar-refractivity contribution in [2.45, 2.75) is 26.7 Å². The van der Waals surface area contributed by atoms with Crippen molar-refractivity contribution in [2.24, 2.45) is 5.92 Å². The predicted molar refractivity (Wildman–Crippen MR) is 128 cm³/mol. The molecule has 1 aliphatic heterocycles. The Bertz CT molecular complexity index is 1270. The number of aryl methyl sites for hydroxylation is 2. The highest BCUT2D eigenvalue weighted by molar-refractivity contribution is 7.14. The molecule has 33 heavy (non-hydrogen) atoms. The topological polar surface area (TPSA) is 102 Å². The molecule has 168 valence electrons. The molecule has 4 aromatic rings. The van der Waals surface area contributed by atoms with Crippen molar-refractivity contribution >= 4 is 28.2 Å². The lowest BCUT2D eigenvalue weighted by atomic mass is 9.97. The van der Waals surface area contributed by atoms with Crippen LogP contribution in [0, 0.1) is 19.8 Å². The van der Waals surface area contributed by atoms with Gasteiger partial charge < -0.3 is 10.2 Å². The van der Waals surface area contributed by atoms with Crippen LogP contribution < -0.4 is 10.2 Å². The van der Waals surface area contributed by atoms with E-state index < -0.39 is 0 Å². The number of aromatic nitrogens is 6. The molecule has 1 atom stereocenters. The number of nitrogens with zero attached hydrogens (tertiary/aromatic N) is 7. The highest BCUT2D eigenvalue weighted by atomic mass is 32.1. The van der Waals surface area contributed by atoms with Crippen molar-refractivity contribution in [1.29, 1.82) is 0 Å². The van der Waals surface area contributed by atoms with Gasteiger partial charge in [-0.05, 0) is 44.9 Å². The molecule has 0 saturated carbocycles. The van der Waals surface area contributed by atoms with Gasteiger partial charge in [0.2, 0.25) is 5.91 Å². The Morgan fingerprint density at radius 1 is 1.21 bits per heavy atom. The molecule has 0 aliphatic carbocycles. The Hall–Kier alpha value is -3.66. The molecule has 1 saturated heterocycles. The molecule has 5 heterocycles. The van der Waals surface area contributed by atoms with Gasteiger partial charge in [0.1, 0.15) is 12.1 Å². The van der Waals surface area contributed by atoms with Gasteiger partial charge in [-0.1, -0.05) is 0 Å². The minimum absolute atomic E-state index is 0.0142. The van der Waals surface area contributed by atoms with E-state index in [0.29, 0.717) is 11.7 Å². The van der Waals surface area contributed by atoms with E-state index in [1.165, 1.54) is 11.3 Å². The lowest BCUT2D eigenvalue weighted by Crippen LogP contribution is -2.41. The van der Waals surface area contributed by atoms with Gasteiger partial charge in [-0.3, -0.25) is 9.78 Å². The molecule has 4 aromatic heterocycles. The third-order valence-electron chi connectivity index (χ3n) is 5.67. The highest BCUT2D eigenvalue weighted by Crippen LogP contribution is 2.27. The van der Waals surface area contributed by atoms with Crippen LogP contribution in [0.3, 0.4) is 0 Å². The summed E-state index contributed by atoms with van der Waals surface area (Å²) < 4.78 is 1.82. The van der Waals surface area contributed by atoms with Gasteiger partial charge in [-0.2, -0.15) is 5.10 Å². The molecule has 1 amide bonds. The van der Waals surface area contributed by atoms with Crippen LogP contribution in [0.4, 0.5) is 10.9 Å². The standard InChI is InChI=1S/C23H24N8OS/c1-15-9-16(2)31(29-15)21-10-20(25-14-26-21)30-8-4-6-18(12-30)22(32)28-23-27-19(13-33-23)17-5-3-7-24-11-17/h3,5,7,9-11,13-14,18H,4,6,8,12H2,1-2H3,(H,27,28,32). The summed E-state index contributed by atoms with van der Waals surface area (Å²) in [6.07, 6.45) is 6.79. The lowest BCUT2D eigenvalue weighted by Gasteiger charge is -2.32. The first kappa shape index (κ1) is 21.2. The number of hydrogen-bond acceptors (Lipinski definition) is 8. The smallest absolute Gasteiger partial charge is 0.231 e. The Morgan fingerprint density at radius 3 is 2.88 bits per heavy atom. The van der Waals surface area contributed by atoms with Crippen LogP contribution in [0.15, 0.2) is 48.4 Å². The van der Waals surface area contributed by atoms with Crippen molar-refractivity contribution in [2.75, 3.05) is 23.3 Å². The summed E-state index contributed by atoms with van der Waals surface area (Å²) in [4.78, 5) is 32.7. The average molecular weight is 461 g/mol. The third-order valence-corrected chi connectivity index (χ3v) is 6.43. The number of thiazole rings is 1. The van der Waals surface area contributed by atoms with Crippen LogP contribution in [-0.2, 0) is 4.79 Å². The van der Waals surface area contributed by atoms with Crippen LogP contribution in [-0.4, -0.2) is 48.7 Å². The van der Waals surface area contributed by atoms with Gasteiger partial charge in [-0.15, -0.1) is 11.3 Å². The van der Waals surface area contributed by atoms with E-state index in [-0.39, 0.29) is 11.8 Å². The fourth-order valence-electron chi connectivity index (χ4n) is 4.07. The van der Waals surface area contributed by atoms with Gasteiger partial charge in [-0.25, -0.2) is 19.6 Å². The van der Waals surface area contributed by atoms with Crippen molar-refractivity contribution in [3.05, 3.63) is 59.8 Å². The van der Waals surface area contributed by atoms with Crippen molar-refractivity contribution in [3.63, 3.8) is 0 Å². The number of piperidine rings is 1. The largest absolute Gasteiger partial charge is 0.356 e. The summed E-state index contributed by atoms with van der Waals surface area (Å²) in [5.74, 6) is 1.37. The fraction of sp³-hybridized carbons (Fsp3) is 0.304. The van der Waals surface area contributed by atoms with Gasteiger partial charge in [0.05, 0.1) is 17.3 Å². The number of carbonyl (C=O) groups excluding carboxylic acids is 1. The van der Waals surface area contributed by atoms with Crippen LogP contribution in [0.25, 0.3) is 17.1 Å². The fourth-order valence-corrected chi connectivity index (χ4v) is 4.79.